The molecule has 3 rings (SSSR count). The van der Waals surface area contributed by atoms with E-state index < -0.39 is 5.92 Å². The van der Waals surface area contributed by atoms with E-state index in [4.69, 9.17) is 46.4 Å². The number of carbonyl (C=O) groups is 2. The average molecular weight is 418 g/mol. The Labute approximate surface area is 164 Å². The van der Waals surface area contributed by atoms with Gasteiger partial charge in [-0.3, -0.25) is 9.59 Å². The van der Waals surface area contributed by atoms with E-state index in [2.05, 4.69) is 5.32 Å². The van der Waals surface area contributed by atoms with Crippen molar-refractivity contribution in [3.63, 3.8) is 0 Å². The molecule has 1 aliphatic rings. The highest BCUT2D eigenvalue weighted by molar-refractivity contribution is 6.37. The molecule has 1 atom stereocenters. The van der Waals surface area contributed by atoms with Gasteiger partial charge in [0.15, 0.2) is 0 Å². The van der Waals surface area contributed by atoms with E-state index >= 15 is 0 Å². The first kappa shape index (κ1) is 18.3. The molecule has 2 aromatic carbocycles. The first-order valence-electron chi connectivity index (χ1n) is 7.36. The van der Waals surface area contributed by atoms with E-state index in [0.717, 1.165) is 0 Å². The predicted molar refractivity (Wildman–Crippen MR) is 102 cm³/mol. The summed E-state index contributed by atoms with van der Waals surface area (Å²) >= 11 is 24.0. The van der Waals surface area contributed by atoms with Crippen LogP contribution in [0.5, 0.6) is 0 Å². The van der Waals surface area contributed by atoms with Gasteiger partial charge in [0.05, 0.1) is 27.3 Å². The summed E-state index contributed by atoms with van der Waals surface area (Å²) in [6.07, 6.45) is 0.0832. The normalized spacial score (nSPS) is 17.0. The average Bonchev–Trinajstić information content (AvgIpc) is 2.94. The molecule has 2 amide bonds. The fourth-order valence-electron chi connectivity index (χ4n) is 2.63. The van der Waals surface area contributed by atoms with Crippen molar-refractivity contribution < 1.29 is 9.59 Å². The van der Waals surface area contributed by atoms with Crippen molar-refractivity contribution in [2.75, 3.05) is 16.8 Å². The quantitative estimate of drug-likeness (QED) is 0.737. The lowest BCUT2D eigenvalue weighted by atomic mass is 10.1. The Balaban J connectivity index is 1.75. The summed E-state index contributed by atoms with van der Waals surface area (Å²) in [5.41, 5.74) is 0.946. The number of rotatable bonds is 3. The highest BCUT2D eigenvalue weighted by Gasteiger charge is 2.36. The molecule has 8 heteroatoms. The van der Waals surface area contributed by atoms with E-state index in [1.165, 1.54) is 11.0 Å². The summed E-state index contributed by atoms with van der Waals surface area (Å²) in [6.45, 7) is 0.218. The van der Waals surface area contributed by atoms with Crippen LogP contribution < -0.4 is 10.2 Å². The largest absolute Gasteiger partial charge is 0.324 e. The number of carbonyl (C=O) groups excluding carboxylic acids is 2. The first-order valence-corrected chi connectivity index (χ1v) is 8.87. The molecule has 0 radical (unpaired) electrons. The van der Waals surface area contributed by atoms with Gasteiger partial charge in [-0.05, 0) is 36.4 Å². The molecule has 1 N–H and O–H groups in total. The number of hydrogen-bond acceptors (Lipinski definition) is 2. The van der Waals surface area contributed by atoms with Gasteiger partial charge in [-0.15, -0.1) is 0 Å². The minimum Gasteiger partial charge on any atom is -0.324 e. The minimum absolute atomic E-state index is 0.0832. The van der Waals surface area contributed by atoms with Crippen LogP contribution in [0.3, 0.4) is 0 Å². The molecule has 4 nitrogen and oxygen atoms in total. The van der Waals surface area contributed by atoms with E-state index in [1.807, 2.05) is 0 Å². The van der Waals surface area contributed by atoms with Gasteiger partial charge in [-0.2, -0.15) is 0 Å². The number of hydrogen-bond donors (Lipinski definition) is 1. The van der Waals surface area contributed by atoms with Crippen molar-refractivity contribution in [3.05, 3.63) is 56.5 Å². The molecule has 0 spiro atoms. The summed E-state index contributed by atoms with van der Waals surface area (Å²) in [4.78, 5) is 26.3. The van der Waals surface area contributed by atoms with Gasteiger partial charge in [0.25, 0.3) is 0 Å². The molecule has 1 aliphatic heterocycles. The second kappa shape index (κ2) is 7.42. The zero-order valence-electron chi connectivity index (χ0n) is 12.7. The Morgan fingerprint density at radius 2 is 1.68 bits per heavy atom. The van der Waals surface area contributed by atoms with Gasteiger partial charge in [-0.1, -0.05) is 46.4 Å². The van der Waals surface area contributed by atoms with Crippen LogP contribution in [0.1, 0.15) is 6.42 Å². The van der Waals surface area contributed by atoms with Crippen LogP contribution in [-0.2, 0) is 9.59 Å². The third-order valence-corrected chi connectivity index (χ3v) is 4.99. The lowest BCUT2D eigenvalue weighted by Gasteiger charge is -2.18. The molecule has 0 unspecified atom stereocenters. The van der Waals surface area contributed by atoms with Crippen molar-refractivity contribution in [1.29, 1.82) is 0 Å². The van der Waals surface area contributed by atoms with Crippen molar-refractivity contribution in [2.45, 2.75) is 6.42 Å². The number of benzene rings is 2. The molecule has 130 valence electrons. The van der Waals surface area contributed by atoms with Crippen molar-refractivity contribution in [2.24, 2.45) is 5.92 Å². The van der Waals surface area contributed by atoms with Gasteiger partial charge in [-0.25, -0.2) is 0 Å². The summed E-state index contributed by atoms with van der Waals surface area (Å²) in [5, 5.41) is 4.40. The van der Waals surface area contributed by atoms with Crippen LogP contribution in [-0.4, -0.2) is 18.4 Å². The van der Waals surface area contributed by atoms with Gasteiger partial charge in [0.2, 0.25) is 11.8 Å². The molecule has 0 aliphatic carbocycles. The zero-order chi connectivity index (χ0) is 18.1. The Hall–Kier alpha value is -1.46. The number of amides is 2. The zero-order valence-corrected chi connectivity index (χ0v) is 15.8. The van der Waals surface area contributed by atoms with Crippen LogP contribution in [0.4, 0.5) is 11.4 Å². The third-order valence-electron chi connectivity index (χ3n) is 3.88. The van der Waals surface area contributed by atoms with Gasteiger partial charge in [0.1, 0.15) is 0 Å². The molecule has 25 heavy (non-hydrogen) atoms. The Morgan fingerprint density at radius 3 is 2.40 bits per heavy atom. The smallest absolute Gasteiger partial charge is 0.229 e. The second-order valence-corrected chi connectivity index (χ2v) is 7.30. The number of nitrogens with zero attached hydrogens (tertiary/aromatic N) is 1. The van der Waals surface area contributed by atoms with Crippen LogP contribution in [0, 0.1) is 5.92 Å². The fraction of sp³-hybridized carbons (Fsp3) is 0.176. The lowest BCUT2D eigenvalue weighted by molar-refractivity contribution is -0.122. The molecule has 1 heterocycles. The molecular weight excluding hydrogens is 406 g/mol. The van der Waals surface area contributed by atoms with Crippen molar-refractivity contribution >= 4 is 69.6 Å². The molecule has 1 fully saturated rings. The molecule has 2 aromatic rings. The standard InChI is InChI=1S/C17H12Cl4N2O2/c18-10-2-4-14(13(21)6-10)22-17(25)9-5-16(24)23(8-9)15-7-11(19)1-3-12(15)20/h1-4,6-7,9H,5,8H2,(H,22,25)/t9-/m1/s1. The highest BCUT2D eigenvalue weighted by atomic mass is 35.5. The number of halogens is 4. The maximum atomic E-state index is 12.5. The first-order chi connectivity index (χ1) is 11.8. The van der Waals surface area contributed by atoms with Crippen molar-refractivity contribution in [1.82, 2.24) is 0 Å². The van der Waals surface area contributed by atoms with E-state index in [0.29, 0.717) is 31.5 Å². The number of anilines is 2. The maximum Gasteiger partial charge on any atom is 0.229 e. The van der Waals surface area contributed by atoms with Crippen LogP contribution >= 0.6 is 46.4 Å². The predicted octanol–water partition coefficient (Wildman–Crippen LogP) is 5.29. The summed E-state index contributed by atoms with van der Waals surface area (Å²) in [7, 11) is 0. The van der Waals surface area contributed by atoms with E-state index in [1.54, 1.807) is 30.3 Å². The minimum atomic E-state index is -0.519. The van der Waals surface area contributed by atoms with Crippen LogP contribution in [0.2, 0.25) is 20.1 Å². The molecule has 0 aromatic heterocycles. The van der Waals surface area contributed by atoms with Crippen LogP contribution in [0.25, 0.3) is 0 Å². The topological polar surface area (TPSA) is 49.4 Å². The molecule has 0 saturated carbocycles. The van der Waals surface area contributed by atoms with Gasteiger partial charge >= 0.3 is 0 Å². The highest BCUT2D eigenvalue weighted by Crippen LogP contribution is 2.34. The Bertz CT molecular complexity index is 857. The Morgan fingerprint density at radius 1 is 1.00 bits per heavy atom. The van der Waals surface area contributed by atoms with E-state index in [9.17, 15) is 9.59 Å². The molecule has 1 saturated heterocycles. The van der Waals surface area contributed by atoms with E-state index in [-0.39, 0.29) is 24.8 Å². The summed E-state index contributed by atoms with van der Waals surface area (Å²) in [6, 6.07) is 9.65. The molecular formula is C17H12Cl4N2O2. The second-order valence-electron chi connectivity index (χ2n) is 5.61. The monoisotopic (exact) mass is 416 g/mol. The van der Waals surface area contributed by atoms with Gasteiger partial charge in [0, 0.05) is 23.0 Å². The Kier molecular flexibility index (Phi) is 5.44. The summed E-state index contributed by atoms with van der Waals surface area (Å²) < 4.78 is 0. The number of nitrogens with one attached hydrogen (secondary N) is 1. The third kappa shape index (κ3) is 4.04. The molecule has 0 bridgehead atoms. The summed E-state index contributed by atoms with van der Waals surface area (Å²) in [5.74, 6) is -1.00. The SMILES string of the molecule is O=C(Nc1ccc(Cl)cc1Cl)[C@@H]1CC(=O)N(c2cc(Cl)ccc2Cl)C1. The lowest BCUT2D eigenvalue weighted by Crippen LogP contribution is -2.28. The van der Waals surface area contributed by atoms with Crippen molar-refractivity contribution in [3.8, 4) is 0 Å². The maximum absolute atomic E-state index is 12.5. The fourth-order valence-corrected chi connectivity index (χ4v) is 3.48. The van der Waals surface area contributed by atoms with Crippen LogP contribution in [0.15, 0.2) is 36.4 Å². The van der Waals surface area contributed by atoms with Gasteiger partial charge < -0.3 is 10.2 Å².